The van der Waals surface area contributed by atoms with Gasteiger partial charge in [-0.15, -0.1) is 0 Å². The van der Waals surface area contributed by atoms with Crippen molar-refractivity contribution in [3.8, 4) is 17.0 Å². The Hall–Kier alpha value is -3.32. The highest BCUT2D eigenvalue weighted by Gasteiger charge is 2.47. The molecule has 7 heteroatoms. The summed E-state index contributed by atoms with van der Waals surface area (Å²) >= 11 is 1.58. The number of fused-ring (bicyclic) bond motifs is 1. The third kappa shape index (κ3) is 4.08. The van der Waals surface area contributed by atoms with E-state index in [2.05, 4.69) is 4.98 Å². The number of nitrogens with zero attached hydrogens (tertiary/aromatic N) is 2. The van der Waals surface area contributed by atoms with Gasteiger partial charge in [0.05, 0.1) is 12.1 Å². The van der Waals surface area contributed by atoms with Crippen LogP contribution in [-0.2, 0) is 0 Å². The Balaban J connectivity index is 1.36. The van der Waals surface area contributed by atoms with Crippen LogP contribution in [0.2, 0.25) is 0 Å². The van der Waals surface area contributed by atoms with E-state index in [1.54, 1.807) is 41.7 Å². The summed E-state index contributed by atoms with van der Waals surface area (Å²) in [5.74, 6) is -3.21. The van der Waals surface area contributed by atoms with Crippen LogP contribution in [0.4, 0.5) is 8.78 Å². The molecule has 2 aromatic carbocycles. The lowest BCUT2D eigenvalue weighted by atomic mass is 10.0. The van der Waals surface area contributed by atoms with Gasteiger partial charge in [0.25, 0.3) is 11.8 Å². The molecule has 0 spiro atoms. The quantitative estimate of drug-likeness (QED) is 0.389. The Morgan fingerprint density at radius 3 is 2.78 bits per heavy atom. The highest BCUT2D eigenvalue weighted by Crippen LogP contribution is 2.33. The molecule has 2 aromatic heterocycles. The first kappa shape index (κ1) is 20.6. The van der Waals surface area contributed by atoms with E-state index >= 15 is 0 Å². The Labute approximate surface area is 188 Å². The van der Waals surface area contributed by atoms with Crippen LogP contribution < -0.4 is 4.74 Å². The lowest BCUT2D eigenvalue weighted by Crippen LogP contribution is -2.55. The van der Waals surface area contributed by atoms with Crippen LogP contribution in [0.15, 0.2) is 77.5 Å². The number of likely N-dealkylation sites (tertiary alicyclic amines) is 1. The van der Waals surface area contributed by atoms with Gasteiger partial charge < -0.3 is 9.64 Å². The number of benzene rings is 2. The maximum atomic E-state index is 14.7. The van der Waals surface area contributed by atoms with Gasteiger partial charge in [-0.05, 0) is 52.2 Å². The molecule has 1 unspecified atom stereocenters. The van der Waals surface area contributed by atoms with E-state index < -0.39 is 18.4 Å². The smallest absolute Gasteiger partial charge is 0.287 e. The highest BCUT2D eigenvalue weighted by atomic mass is 32.1. The molecule has 1 amide bonds. The molecule has 1 aliphatic heterocycles. The normalized spacial score (nSPS) is 17.9. The van der Waals surface area contributed by atoms with Crippen LogP contribution in [0.25, 0.3) is 22.0 Å². The number of piperidine rings is 1. The molecule has 0 radical (unpaired) electrons. The second-order valence-electron chi connectivity index (χ2n) is 7.80. The first-order valence-corrected chi connectivity index (χ1v) is 11.3. The van der Waals surface area contributed by atoms with Crippen LogP contribution in [0.3, 0.4) is 0 Å². The first-order valence-electron chi connectivity index (χ1n) is 10.3. The number of pyridine rings is 1. The van der Waals surface area contributed by atoms with E-state index in [9.17, 15) is 13.6 Å². The van der Waals surface area contributed by atoms with Gasteiger partial charge in [-0.3, -0.25) is 4.79 Å². The van der Waals surface area contributed by atoms with Gasteiger partial charge in [0.15, 0.2) is 6.10 Å². The summed E-state index contributed by atoms with van der Waals surface area (Å²) in [6, 6.07) is 20.0. The van der Waals surface area contributed by atoms with Crippen LogP contribution in [0.5, 0.6) is 5.88 Å². The standard InChI is InChI=1S/C25H20F2N2O2S/c26-25(27)11-12-29(24(30)19-6-3-5-18(14-19)20-10-13-32-16-20)15-22(25)31-23-9-8-17-4-1-2-7-21(17)28-23/h1-10,13-14,16,22H,11-12,15H2. The SMILES string of the molecule is O=C(c1cccc(-c2ccsc2)c1)N1CCC(F)(F)C(Oc2ccc3ccccc3n2)C1. The molecule has 0 aliphatic carbocycles. The van der Waals surface area contributed by atoms with Crippen molar-refractivity contribution in [1.82, 2.24) is 9.88 Å². The molecule has 3 heterocycles. The number of ether oxygens (including phenoxy) is 1. The van der Waals surface area contributed by atoms with Gasteiger partial charge in [-0.1, -0.05) is 30.3 Å². The Morgan fingerprint density at radius 2 is 1.94 bits per heavy atom. The topological polar surface area (TPSA) is 42.4 Å². The van der Waals surface area contributed by atoms with Gasteiger partial charge in [0, 0.05) is 30.0 Å². The molecule has 0 saturated carbocycles. The minimum atomic E-state index is -3.05. The molecule has 4 nitrogen and oxygen atoms in total. The number of thiophene rings is 1. The maximum Gasteiger partial charge on any atom is 0.287 e. The van der Waals surface area contributed by atoms with Crippen LogP contribution in [0.1, 0.15) is 16.8 Å². The number of hydrogen-bond acceptors (Lipinski definition) is 4. The number of rotatable bonds is 4. The largest absolute Gasteiger partial charge is 0.466 e. The number of para-hydroxylation sites is 1. The summed E-state index contributed by atoms with van der Waals surface area (Å²) in [5, 5.41) is 4.88. The van der Waals surface area contributed by atoms with Crippen molar-refractivity contribution in [1.29, 1.82) is 0 Å². The summed E-state index contributed by atoms with van der Waals surface area (Å²) in [4.78, 5) is 18.9. The monoisotopic (exact) mass is 450 g/mol. The zero-order valence-electron chi connectivity index (χ0n) is 17.1. The molecule has 0 bridgehead atoms. The summed E-state index contributed by atoms with van der Waals surface area (Å²) in [7, 11) is 0. The predicted molar refractivity (Wildman–Crippen MR) is 121 cm³/mol. The molecule has 1 aliphatic rings. The van der Waals surface area contributed by atoms with E-state index in [0.29, 0.717) is 11.1 Å². The Morgan fingerprint density at radius 1 is 1.06 bits per heavy atom. The van der Waals surface area contributed by atoms with Gasteiger partial charge >= 0.3 is 0 Å². The minimum absolute atomic E-state index is 0.0283. The van der Waals surface area contributed by atoms with Crippen molar-refractivity contribution in [2.75, 3.05) is 13.1 Å². The van der Waals surface area contributed by atoms with Crippen molar-refractivity contribution in [2.45, 2.75) is 18.4 Å². The summed E-state index contributed by atoms with van der Waals surface area (Å²) in [6.07, 6.45) is -1.92. The maximum absolute atomic E-state index is 14.7. The van der Waals surface area contributed by atoms with Crippen molar-refractivity contribution in [3.63, 3.8) is 0 Å². The molecule has 1 saturated heterocycles. The number of amides is 1. The zero-order chi connectivity index (χ0) is 22.1. The van der Waals surface area contributed by atoms with Crippen molar-refractivity contribution in [2.24, 2.45) is 0 Å². The van der Waals surface area contributed by atoms with Gasteiger partial charge in [-0.25, -0.2) is 13.8 Å². The molecule has 162 valence electrons. The van der Waals surface area contributed by atoms with E-state index in [-0.39, 0.29) is 24.9 Å². The van der Waals surface area contributed by atoms with Crippen molar-refractivity contribution < 1.29 is 18.3 Å². The summed E-state index contributed by atoms with van der Waals surface area (Å²) in [6.45, 7) is -0.234. The van der Waals surface area contributed by atoms with E-state index in [1.165, 1.54) is 4.90 Å². The number of aromatic nitrogens is 1. The van der Waals surface area contributed by atoms with Crippen LogP contribution in [0, 0.1) is 0 Å². The number of hydrogen-bond donors (Lipinski definition) is 0. The zero-order valence-corrected chi connectivity index (χ0v) is 17.9. The highest BCUT2D eigenvalue weighted by molar-refractivity contribution is 7.08. The number of carbonyl (C=O) groups is 1. The first-order chi connectivity index (χ1) is 15.5. The van der Waals surface area contributed by atoms with Gasteiger partial charge in [0.1, 0.15) is 0 Å². The third-order valence-corrected chi connectivity index (χ3v) is 6.34. The molecule has 1 fully saturated rings. The fourth-order valence-corrected chi connectivity index (χ4v) is 4.54. The summed E-state index contributed by atoms with van der Waals surface area (Å²) in [5.41, 5.74) is 3.09. The molecule has 4 aromatic rings. The van der Waals surface area contributed by atoms with Crippen LogP contribution >= 0.6 is 11.3 Å². The lowest BCUT2D eigenvalue weighted by Gasteiger charge is -2.38. The predicted octanol–water partition coefficient (Wildman–Crippen LogP) is 5.89. The fourth-order valence-electron chi connectivity index (χ4n) is 3.88. The van der Waals surface area contributed by atoms with E-state index in [0.717, 1.165) is 16.5 Å². The number of alkyl halides is 2. The second kappa shape index (κ2) is 8.31. The minimum Gasteiger partial charge on any atom is -0.466 e. The molecule has 1 atom stereocenters. The summed E-state index contributed by atoms with van der Waals surface area (Å²) < 4.78 is 35.0. The molecular formula is C25H20F2N2O2S. The molecule has 32 heavy (non-hydrogen) atoms. The Bertz CT molecular complexity index is 1260. The Kier molecular flexibility index (Phi) is 5.35. The van der Waals surface area contributed by atoms with Crippen molar-refractivity contribution in [3.05, 3.63) is 83.1 Å². The molecular weight excluding hydrogens is 430 g/mol. The third-order valence-electron chi connectivity index (χ3n) is 5.66. The van der Waals surface area contributed by atoms with E-state index in [1.807, 2.05) is 47.2 Å². The lowest BCUT2D eigenvalue weighted by molar-refractivity contribution is -0.131. The van der Waals surface area contributed by atoms with Gasteiger partial charge in [-0.2, -0.15) is 11.3 Å². The van der Waals surface area contributed by atoms with Crippen molar-refractivity contribution >= 4 is 28.1 Å². The van der Waals surface area contributed by atoms with E-state index in [4.69, 9.17) is 4.74 Å². The number of halogens is 2. The molecule has 5 rings (SSSR count). The fraction of sp³-hybridized carbons (Fsp3) is 0.200. The van der Waals surface area contributed by atoms with Gasteiger partial charge in [0.2, 0.25) is 5.88 Å². The molecule has 0 N–H and O–H groups in total. The number of carbonyl (C=O) groups excluding carboxylic acids is 1. The average Bonchev–Trinajstić information content (AvgIpc) is 3.35. The second-order valence-corrected chi connectivity index (χ2v) is 8.58. The average molecular weight is 451 g/mol. The van der Waals surface area contributed by atoms with Crippen LogP contribution in [-0.4, -0.2) is 40.9 Å².